The van der Waals surface area contributed by atoms with E-state index < -0.39 is 69.3 Å². The van der Waals surface area contributed by atoms with Crippen LogP contribution in [0, 0.1) is 23.3 Å². The molecule has 4 aromatic carbocycles. The van der Waals surface area contributed by atoms with Crippen LogP contribution in [0.15, 0.2) is 94.8 Å². The molecule has 2 unspecified atom stereocenters. The maximum absolute atomic E-state index is 13.9. The summed E-state index contributed by atoms with van der Waals surface area (Å²) < 4.78 is 56.9. The molecule has 2 aromatic heterocycles. The first kappa shape index (κ1) is 45.7. The topological polar surface area (TPSA) is 183 Å². The van der Waals surface area contributed by atoms with E-state index in [1.807, 2.05) is 0 Å². The molecule has 4 bridgehead atoms. The van der Waals surface area contributed by atoms with Crippen molar-refractivity contribution >= 4 is 58.2 Å². The largest absolute Gasteiger partial charge is 0.503 e. The normalized spacial score (nSPS) is 16.5. The first-order valence-corrected chi connectivity index (χ1v) is 21.9. The first-order valence-electron chi connectivity index (χ1n) is 21.1. The molecular formula is C48H36Cl2F4N6O8. The Morgan fingerprint density at radius 3 is 1.37 bits per heavy atom. The van der Waals surface area contributed by atoms with Gasteiger partial charge < -0.3 is 39.8 Å². The molecule has 68 heavy (non-hydrogen) atoms. The van der Waals surface area contributed by atoms with Crippen molar-refractivity contribution in [3.63, 3.8) is 0 Å². The van der Waals surface area contributed by atoms with Crippen LogP contribution in [0.25, 0.3) is 0 Å². The zero-order valence-corrected chi connectivity index (χ0v) is 36.8. The number of amides is 4. The molecule has 2 atom stereocenters. The summed E-state index contributed by atoms with van der Waals surface area (Å²) in [5, 5.41) is 27.2. The molecule has 0 saturated carbocycles. The Labute approximate surface area is 392 Å². The molecule has 348 valence electrons. The van der Waals surface area contributed by atoms with Gasteiger partial charge >= 0.3 is 0 Å². The lowest BCUT2D eigenvalue weighted by atomic mass is 10.0. The van der Waals surface area contributed by atoms with Gasteiger partial charge in [0.05, 0.1) is 12.1 Å². The van der Waals surface area contributed by atoms with E-state index in [1.54, 1.807) is 36.4 Å². The molecule has 6 aromatic rings. The highest BCUT2D eigenvalue weighted by Crippen LogP contribution is 2.40. The van der Waals surface area contributed by atoms with E-state index in [4.69, 9.17) is 23.2 Å². The summed E-state index contributed by atoms with van der Waals surface area (Å²) in [6, 6.07) is 15.6. The van der Waals surface area contributed by atoms with Gasteiger partial charge in [0.2, 0.25) is 10.9 Å². The Morgan fingerprint density at radius 1 is 0.588 bits per heavy atom. The minimum absolute atomic E-state index is 0.0306. The number of rotatable bonds is 6. The molecule has 14 nitrogen and oxygen atoms in total. The minimum Gasteiger partial charge on any atom is -0.503 e. The van der Waals surface area contributed by atoms with Crippen LogP contribution in [0.2, 0.25) is 10.0 Å². The van der Waals surface area contributed by atoms with Gasteiger partial charge in [-0.15, -0.1) is 0 Å². The smallest absolute Gasteiger partial charge is 0.279 e. The highest BCUT2D eigenvalue weighted by Gasteiger charge is 2.40. The second-order valence-electron chi connectivity index (χ2n) is 16.6. The van der Waals surface area contributed by atoms with Crippen molar-refractivity contribution < 1.29 is 47.0 Å². The highest BCUT2D eigenvalue weighted by molar-refractivity contribution is 6.31. The zero-order chi connectivity index (χ0) is 48.3. The summed E-state index contributed by atoms with van der Waals surface area (Å²) in [5.74, 6) is -7.64. The number of carbonyl (C=O) groups is 4. The Hall–Kier alpha value is -7.44. The molecule has 0 saturated heterocycles. The molecule has 0 fully saturated rings. The predicted octanol–water partition coefficient (Wildman–Crippen LogP) is 7.13. The fourth-order valence-electron chi connectivity index (χ4n) is 9.01. The molecule has 0 radical (unpaired) electrons. The summed E-state index contributed by atoms with van der Waals surface area (Å²) in [6.07, 6.45) is 4.87. The Morgan fingerprint density at radius 2 is 0.985 bits per heavy atom. The maximum atomic E-state index is 13.9. The van der Waals surface area contributed by atoms with Crippen molar-refractivity contribution in [1.29, 1.82) is 0 Å². The van der Waals surface area contributed by atoms with Crippen LogP contribution >= 0.6 is 23.2 Å². The van der Waals surface area contributed by atoms with Gasteiger partial charge in [-0.05, 0) is 85.3 Å². The van der Waals surface area contributed by atoms with Crippen molar-refractivity contribution in [3.05, 3.63) is 184 Å². The third kappa shape index (κ3) is 8.34. The van der Waals surface area contributed by atoms with E-state index in [-0.39, 0.29) is 58.8 Å². The number of hydrogen-bond donors (Lipinski definition) is 4. The maximum Gasteiger partial charge on any atom is 0.279 e. The second kappa shape index (κ2) is 18.0. The lowest BCUT2D eigenvalue weighted by Gasteiger charge is -2.35. The van der Waals surface area contributed by atoms with Crippen molar-refractivity contribution in [1.82, 2.24) is 19.8 Å². The summed E-state index contributed by atoms with van der Waals surface area (Å²) in [4.78, 5) is 80.7. The highest BCUT2D eigenvalue weighted by atomic mass is 35.5. The number of aromatic nitrogens is 2. The molecule has 0 aliphatic carbocycles. The summed E-state index contributed by atoms with van der Waals surface area (Å²) >= 11 is 12.2. The number of carbonyl (C=O) groups excluding carboxylic acids is 4. The van der Waals surface area contributed by atoms with Gasteiger partial charge in [-0.2, -0.15) is 0 Å². The van der Waals surface area contributed by atoms with Gasteiger partial charge in [0.25, 0.3) is 23.6 Å². The van der Waals surface area contributed by atoms with Crippen LogP contribution in [0.3, 0.4) is 0 Å². The second-order valence-corrected chi connectivity index (χ2v) is 17.4. The summed E-state index contributed by atoms with van der Waals surface area (Å²) in [6.45, 7) is 0.00740. The standard InChI is InChI=1S/2C24H18ClF2N3O4/c2*25-14-3-6-19-12(7-14)2-5-16-10-30(19)24(34)20-22(32)21(31)17(11-29(16)20)23(33)28-9-13-1-4-15(26)8-18(13)27/h2*1,3-4,6-8,11,16,32H,2,5,9-10H2,(H,28,33). The molecule has 4 amide bonds. The number of pyridine rings is 2. The lowest BCUT2D eigenvalue weighted by molar-refractivity contribution is 0.0929. The molecule has 6 heterocycles. The predicted molar refractivity (Wildman–Crippen MR) is 241 cm³/mol. The van der Waals surface area contributed by atoms with Crippen LogP contribution in [0.1, 0.15) is 88.9 Å². The molecule has 10 rings (SSSR count). The number of fused-ring (bicyclic) bond motifs is 12. The molecular weight excluding hydrogens is 935 g/mol. The number of nitrogens with one attached hydrogen (secondary N) is 2. The monoisotopic (exact) mass is 970 g/mol. The SMILES string of the molecule is O=C(NCc1ccc(F)cc1F)c1cn2c(c(O)c1=O)C(=O)N1CC2CCc2cc(Cl)ccc21.O=C(NCc1ccc(F)cc1F)c1cn2c(c(O)c1=O)C(=O)N1CC2CCc2cc(Cl)ccc21. The first-order chi connectivity index (χ1) is 32.5. The number of anilines is 2. The Balaban J connectivity index is 0.000000170. The molecule has 20 heteroatoms. The number of aromatic hydroxyl groups is 2. The Bertz CT molecular complexity index is 3060. The van der Waals surface area contributed by atoms with Gasteiger partial charge in [0.15, 0.2) is 22.9 Å². The Kier molecular flexibility index (Phi) is 12.1. The van der Waals surface area contributed by atoms with E-state index in [1.165, 1.54) is 43.5 Å². The van der Waals surface area contributed by atoms with Crippen molar-refractivity contribution in [2.75, 3.05) is 22.9 Å². The van der Waals surface area contributed by atoms with Gasteiger partial charge in [0.1, 0.15) is 34.4 Å². The number of aryl methyl sites for hydroxylation is 2. The number of benzene rings is 4. The van der Waals surface area contributed by atoms with E-state index in [0.29, 0.717) is 72.3 Å². The molecule has 0 spiro atoms. The molecule has 4 N–H and O–H groups in total. The van der Waals surface area contributed by atoms with Crippen LogP contribution in [0.5, 0.6) is 11.5 Å². The molecule has 4 aliphatic rings. The van der Waals surface area contributed by atoms with E-state index in [2.05, 4.69) is 10.6 Å². The molecule has 4 aliphatic heterocycles. The number of hydrogen-bond acceptors (Lipinski definition) is 8. The van der Waals surface area contributed by atoms with E-state index in [9.17, 15) is 56.5 Å². The van der Waals surface area contributed by atoms with E-state index in [0.717, 1.165) is 23.3 Å². The fraction of sp³-hybridized carbons (Fsp3) is 0.208. The van der Waals surface area contributed by atoms with Gasteiger partial charge in [0, 0.05) is 83.3 Å². The number of nitrogens with zero attached hydrogens (tertiary/aromatic N) is 4. The average Bonchev–Trinajstić information content (AvgIpc) is 3.58. The number of halogens is 6. The van der Waals surface area contributed by atoms with Crippen LogP contribution in [0.4, 0.5) is 28.9 Å². The van der Waals surface area contributed by atoms with Gasteiger partial charge in [-0.25, -0.2) is 17.6 Å². The lowest BCUT2D eigenvalue weighted by Crippen LogP contribution is -2.44. The summed E-state index contributed by atoms with van der Waals surface area (Å²) in [5.41, 5.74) is -0.0149. The fourth-order valence-corrected chi connectivity index (χ4v) is 9.40. The van der Waals surface area contributed by atoms with Crippen LogP contribution in [-0.2, 0) is 25.9 Å². The zero-order valence-electron chi connectivity index (χ0n) is 35.3. The van der Waals surface area contributed by atoms with Crippen molar-refractivity contribution in [3.8, 4) is 11.5 Å². The van der Waals surface area contributed by atoms with E-state index >= 15 is 0 Å². The summed E-state index contributed by atoms with van der Waals surface area (Å²) in [7, 11) is 0. The average molecular weight is 972 g/mol. The third-order valence-electron chi connectivity index (χ3n) is 12.4. The van der Waals surface area contributed by atoms with Crippen molar-refractivity contribution in [2.45, 2.75) is 50.9 Å². The quantitative estimate of drug-likeness (QED) is 0.127. The van der Waals surface area contributed by atoms with Crippen LogP contribution in [-0.4, -0.2) is 56.1 Å². The van der Waals surface area contributed by atoms with Gasteiger partial charge in [-0.1, -0.05) is 35.3 Å². The van der Waals surface area contributed by atoms with Crippen molar-refractivity contribution in [2.24, 2.45) is 0 Å². The van der Waals surface area contributed by atoms with Crippen LogP contribution < -0.4 is 31.3 Å². The third-order valence-corrected chi connectivity index (χ3v) is 12.9. The minimum atomic E-state index is -1.01. The van der Waals surface area contributed by atoms with Gasteiger partial charge in [-0.3, -0.25) is 28.8 Å².